The third kappa shape index (κ3) is 4.04. The normalized spacial score (nSPS) is 19.1. The van der Waals surface area contributed by atoms with E-state index in [0.29, 0.717) is 0 Å². The van der Waals surface area contributed by atoms with E-state index >= 15 is 0 Å². The SMILES string of the molecule is C[C@@H](N)C(=O)NC(CN1CCCC1)c1ccccc1. The Morgan fingerprint density at radius 2 is 1.95 bits per heavy atom. The number of carbonyl (C=O) groups excluding carboxylic acids is 1. The number of benzene rings is 1. The highest BCUT2D eigenvalue weighted by Crippen LogP contribution is 2.17. The van der Waals surface area contributed by atoms with Crippen LogP contribution in [0, 0.1) is 0 Å². The zero-order valence-electron chi connectivity index (χ0n) is 11.5. The molecule has 1 aliphatic heterocycles. The van der Waals surface area contributed by atoms with Gasteiger partial charge in [-0.2, -0.15) is 0 Å². The fraction of sp³-hybridized carbons (Fsp3) is 0.533. The van der Waals surface area contributed by atoms with Gasteiger partial charge in [0.25, 0.3) is 0 Å². The highest BCUT2D eigenvalue weighted by Gasteiger charge is 2.21. The largest absolute Gasteiger partial charge is 0.347 e. The van der Waals surface area contributed by atoms with Crippen molar-refractivity contribution < 1.29 is 4.79 Å². The minimum Gasteiger partial charge on any atom is -0.347 e. The van der Waals surface area contributed by atoms with Crippen molar-refractivity contribution in [2.75, 3.05) is 19.6 Å². The molecular formula is C15H23N3O. The van der Waals surface area contributed by atoms with Crippen molar-refractivity contribution in [3.05, 3.63) is 35.9 Å². The van der Waals surface area contributed by atoms with E-state index in [1.54, 1.807) is 6.92 Å². The Balaban J connectivity index is 2.06. The van der Waals surface area contributed by atoms with Crippen LogP contribution >= 0.6 is 0 Å². The van der Waals surface area contributed by atoms with Gasteiger partial charge in [-0.25, -0.2) is 0 Å². The van der Waals surface area contributed by atoms with Crippen molar-refractivity contribution in [2.24, 2.45) is 5.73 Å². The third-order valence-electron chi connectivity index (χ3n) is 3.57. The van der Waals surface area contributed by atoms with E-state index in [1.807, 2.05) is 18.2 Å². The lowest BCUT2D eigenvalue weighted by Crippen LogP contribution is -2.43. The summed E-state index contributed by atoms with van der Waals surface area (Å²) < 4.78 is 0. The first-order valence-electron chi connectivity index (χ1n) is 7.00. The first kappa shape index (κ1) is 14.0. The van der Waals surface area contributed by atoms with Gasteiger partial charge in [-0.15, -0.1) is 0 Å². The van der Waals surface area contributed by atoms with Crippen LogP contribution in [0.4, 0.5) is 0 Å². The predicted molar refractivity (Wildman–Crippen MR) is 76.6 cm³/mol. The molecule has 1 aromatic rings. The first-order chi connectivity index (χ1) is 9.16. The van der Waals surface area contributed by atoms with Gasteiger partial charge in [-0.1, -0.05) is 30.3 Å². The number of carbonyl (C=O) groups is 1. The molecule has 0 aliphatic carbocycles. The lowest BCUT2D eigenvalue weighted by atomic mass is 10.1. The molecule has 0 saturated carbocycles. The summed E-state index contributed by atoms with van der Waals surface area (Å²) in [6.07, 6.45) is 2.51. The van der Waals surface area contributed by atoms with Crippen LogP contribution in [0.5, 0.6) is 0 Å². The van der Waals surface area contributed by atoms with Crippen molar-refractivity contribution in [1.82, 2.24) is 10.2 Å². The topological polar surface area (TPSA) is 58.4 Å². The highest BCUT2D eigenvalue weighted by molar-refractivity contribution is 5.81. The maximum atomic E-state index is 11.8. The molecule has 2 rings (SSSR count). The molecular weight excluding hydrogens is 238 g/mol. The van der Waals surface area contributed by atoms with E-state index in [1.165, 1.54) is 12.8 Å². The number of likely N-dealkylation sites (tertiary alicyclic amines) is 1. The zero-order valence-corrected chi connectivity index (χ0v) is 11.5. The summed E-state index contributed by atoms with van der Waals surface area (Å²) in [6, 6.07) is 9.67. The van der Waals surface area contributed by atoms with Crippen LogP contribution in [0.15, 0.2) is 30.3 Å². The molecule has 0 spiro atoms. The Kier molecular flexibility index (Phi) is 4.93. The van der Waals surface area contributed by atoms with Crippen LogP contribution in [0.3, 0.4) is 0 Å². The molecule has 1 saturated heterocycles. The molecule has 3 N–H and O–H groups in total. The van der Waals surface area contributed by atoms with Crippen LogP contribution in [0.25, 0.3) is 0 Å². The quantitative estimate of drug-likeness (QED) is 0.839. The number of hydrogen-bond acceptors (Lipinski definition) is 3. The molecule has 19 heavy (non-hydrogen) atoms. The molecule has 104 valence electrons. The number of nitrogens with two attached hydrogens (primary N) is 1. The maximum Gasteiger partial charge on any atom is 0.237 e. The first-order valence-corrected chi connectivity index (χ1v) is 7.00. The molecule has 1 aliphatic rings. The standard InChI is InChI=1S/C15H23N3O/c1-12(16)15(19)17-14(11-18-9-5-6-10-18)13-7-3-2-4-8-13/h2-4,7-8,12,14H,5-6,9-11,16H2,1H3,(H,17,19)/t12-,14?/m1/s1. The molecule has 2 atom stereocenters. The summed E-state index contributed by atoms with van der Waals surface area (Å²) in [5, 5.41) is 3.05. The van der Waals surface area contributed by atoms with Gasteiger partial charge < -0.3 is 16.0 Å². The Hall–Kier alpha value is -1.39. The van der Waals surface area contributed by atoms with Gasteiger partial charge in [0.15, 0.2) is 0 Å². The number of amides is 1. The fourth-order valence-corrected chi connectivity index (χ4v) is 2.45. The highest BCUT2D eigenvalue weighted by atomic mass is 16.2. The lowest BCUT2D eigenvalue weighted by Gasteiger charge is -2.25. The molecule has 4 heteroatoms. The van der Waals surface area contributed by atoms with Crippen molar-refractivity contribution in [1.29, 1.82) is 0 Å². The second-order valence-corrected chi connectivity index (χ2v) is 5.27. The summed E-state index contributed by atoms with van der Waals surface area (Å²) in [4.78, 5) is 14.2. The summed E-state index contributed by atoms with van der Waals surface area (Å²) in [6.45, 7) is 4.82. The van der Waals surface area contributed by atoms with E-state index in [2.05, 4.69) is 22.3 Å². The van der Waals surface area contributed by atoms with Crippen LogP contribution in [-0.2, 0) is 4.79 Å². The molecule has 0 aromatic heterocycles. The summed E-state index contributed by atoms with van der Waals surface area (Å²) in [7, 11) is 0. The minimum atomic E-state index is -0.468. The smallest absolute Gasteiger partial charge is 0.237 e. The predicted octanol–water partition coefficient (Wildman–Crippen LogP) is 1.29. The van der Waals surface area contributed by atoms with Gasteiger partial charge in [0, 0.05) is 6.54 Å². The molecule has 1 aromatic carbocycles. The van der Waals surface area contributed by atoms with Crippen molar-refractivity contribution >= 4 is 5.91 Å². The number of nitrogens with zero attached hydrogens (tertiary/aromatic N) is 1. The second-order valence-electron chi connectivity index (χ2n) is 5.27. The summed E-state index contributed by atoms with van der Waals surface area (Å²) in [5.74, 6) is -0.0898. The second kappa shape index (κ2) is 6.68. The van der Waals surface area contributed by atoms with Gasteiger partial charge in [-0.3, -0.25) is 4.79 Å². The Morgan fingerprint density at radius 1 is 1.32 bits per heavy atom. The van der Waals surface area contributed by atoms with Crippen LogP contribution in [-0.4, -0.2) is 36.5 Å². The van der Waals surface area contributed by atoms with Crippen molar-refractivity contribution in [2.45, 2.75) is 31.8 Å². The van der Waals surface area contributed by atoms with E-state index < -0.39 is 6.04 Å². The maximum absolute atomic E-state index is 11.8. The lowest BCUT2D eigenvalue weighted by molar-refractivity contribution is -0.122. The average molecular weight is 261 g/mol. The molecule has 1 amide bonds. The van der Waals surface area contributed by atoms with E-state index in [9.17, 15) is 4.79 Å². The molecule has 1 heterocycles. The molecule has 0 radical (unpaired) electrons. The van der Waals surface area contributed by atoms with Crippen LogP contribution < -0.4 is 11.1 Å². The van der Waals surface area contributed by atoms with Crippen LogP contribution in [0.2, 0.25) is 0 Å². The third-order valence-corrected chi connectivity index (χ3v) is 3.57. The van der Waals surface area contributed by atoms with Crippen LogP contribution in [0.1, 0.15) is 31.4 Å². The molecule has 1 unspecified atom stereocenters. The average Bonchev–Trinajstić information content (AvgIpc) is 2.91. The van der Waals surface area contributed by atoms with E-state index in [0.717, 1.165) is 25.2 Å². The Labute approximate surface area is 115 Å². The van der Waals surface area contributed by atoms with Gasteiger partial charge in [0.05, 0.1) is 12.1 Å². The molecule has 1 fully saturated rings. The van der Waals surface area contributed by atoms with Gasteiger partial charge in [0.2, 0.25) is 5.91 Å². The molecule has 4 nitrogen and oxygen atoms in total. The molecule has 0 bridgehead atoms. The fourth-order valence-electron chi connectivity index (χ4n) is 2.45. The van der Waals surface area contributed by atoms with Gasteiger partial charge >= 0.3 is 0 Å². The number of rotatable bonds is 5. The van der Waals surface area contributed by atoms with E-state index in [4.69, 9.17) is 5.73 Å². The monoisotopic (exact) mass is 261 g/mol. The number of hydrogen-bond donors (Lipinski definition) is 2. The summed E-state index contributed by atoms with van der Waals surface area (Å²) >= 11 is 0. The number of nitrogens with one attached hydrogen (secondary N) is 1. The van der Waals surface area contributed by atoms with Crippen molar-refractivity contribution in [3.63, 3.8) is 0 Å². The van der Waals surface area contributed by atoms with Gasteiger partial charge in [-0.05, 0) is 38.4 Å². The summed E-state index contributed by atoms with van der Waals surface area (Å²) in [5.41, 5.74) is 6.79. The Bertz CT molecular complexity index is 399. The zero-order chi connectivity index (χ0) is 13.7. The van der Waals surface area contributed by atoms with Crippen molar-refractivity contribution in [3.8, 4) is 0 Å². The minimum absolute atomic E-state index is 0.0257. The Morgan fingerprint density at radius 3 is 2.53 bits per heavy atom. The van der Waals surface area contributed by atoms with E-state index in [-0.39, 0.29) is 11.9 Å². The van der Waals surface area contributed by atoms with Gasteiger partial charge in [0.1, 0.15) is 0 Å².